The summed E-state index contributed by atoms with van der Waals surface area (Å²) >= 11 is 1.65. The van der Waals surface area contributed by atoms with Gasteiger partial charge in [-0.3, -0.25) is 9.88 Å². The summed E-state index contributed by atoms with van der Waals surface area (Å²) in [4.78, 5) is 28.9. The van der Waals surface area contributed by atoms with E-state index in [1.165, 1.54) is 18.4 Å². The smallest absolute Gasteiger partial charge is 0.475 e. The Morgan fingerprint density at radius 1 is 1.11 bits per heavy atom. The van der Waals surface area contributed by atoms with Crippen LogP contribution in [0.25, 0.3) is 0 Å². The molecule has 1 aliphatic carbocycles. The highest BCUT2D eigenvalue weighted by molar-refractivity contribution is 7.09. The third kappa shape index (κ3) is 10.5. The molecule has 0 bridgehead atoms. The molecule has 2 aromatic heterocycles. The van der Waals surface area contributed by atoms with Gasteiger partial charge in [-0.25, -0.2) is 14.6 Å². The first-order valence-electron chi connectivity index (χ1n) is 11.1. The summed E-state index contributed by atoms with van der Waals surface area (Å²) in [6, 6.07) is 4.67. The molecule has 0 aromatic carbocycles. The summed E-state index contributed by atoms with van der Waals surface area (Å²) < 4.78 is 75.5. The van der Waals surface area contributed by atoms with Crippen LogP contribution >= 0.6 is 11.3 Å². The second-order valence-electron chi connectivity index (χ2n) is 8.12. The highest BCUT2D eigenvalue weighted by atomic mass is 32.1. The molecule has 38 heavy (non-hydrogen) atoms. The Balaban J connectivity index is 0.000000301. The molecule has 0 amide bonds. The third-order valence-electron chi connectivity index (χ3n) is 5.47. The lowest BCUT2D eigenvalue weighted by Gasteiger charge is -2.39. The van der Waals surface area contributed by atoms with E-state index in [9.17, 15) is 26.3 Å². The van der Waals surface area contributed by atoms with Crippen LogP contribution in [0.3, 0.4) is 0 Å². The molecule has 3 unspecified atom stereocenters. The van der Waals surface area contributed by atoms with Crippen LogP contribution in [-0.2, 0) is 32.2 Å². The normalized spacial score (nSPS) is 21.4. The number of alkyl halides is 6. The van der Waals surface area contributed by atoms with Gasteiger partial charge in [-0.2, -0.15) is 26.3 Å². The van der Waals surface area contributed by atoms with Crippen molar-refractivity contribution in [1.29, 1.82) is 0 Å². The number of carbonyl (C=O) groups is 2. The standard InChI is InChI=1S/C18H23N3O2S.2C2HF3O2/c1-2-14(10-19-5-1)11-21-7-8-23-18-15(3-4-16(18)21)12-22-13-17-20-6-9-24-17;2*3-2(4,5)1(6)7/h1-2,5-6,9-10,15-16,18H,3-4,7-8,11-13H2;2*(H,6,7). The van der Waals surface area contributed by atoms with Gasteiger partial charge in [0.1, 0.15) is 5.01 Å². The Bertz CT molecular complexity index is 970. The fourth-order valence-electron chi connectivity index (χ4n) is 3.86. The summed E-state index contributed by atoms with van der Waals surface area (Å²) in [5.74, 6) is -5.02. The minimum atomic E-state index is -5.08. The first kappa shape index (κ1) is 31.4. The number of fused-ring (bicyclic) bond motifs is 1. The van der Waals surface area contributed by atoms with Gasteiger partial charge in [-0.05, 0) is 24.5 Å². The lowest BCUT2D eigenvalue weighted by atomic mass is 10.0. The van der Waals surface area contributed by atoms with E-state index in [0.29, 0.717) is 24.7 Å². The Labute approximate surface area is 217 Å². The lowest BCUT2D eigenvalue weighted by Crippen LogP contribution is -2.50. The molecular weight excluding hydrogens is 548 g/mol. The van der Waals surface area contributed by atoms with Gasteiger partial charge < -0.3 is 19.7 Å². The molecule has 212 valence electrons. The van der Waals surface area contributed by atoms with Crippen LogP contribution in [0.5, 0.6) is 0 Å². The first-order valence-corrected chi connectivity index (χ1v) is 12.0. The number of ether oxygens (including phenoxy) is 2. The van der Waals surface area contributed by atoms with Crippen LogP contribution in [0, 0.1) is 5.92 Å². The predicted octanol–water partition coefficient (Wildman–Crippen LogP) is 4.00. The minimum Gasteiger partial charge on any atom is -0.475 e. The average molecular weight is 574 g/mol. The lowest BCUT2D eigenvalue weighted by molar-refractivity contribution is -0.193. The van der Waals surface area contributed by atoms with Gasteiger partial charge in [0.15, 0.2) is 0 Å². The number of thiazole rings is 1. The van der Waals surface area contributed by atoms with Crippen molar-refractivity contribution in [2.75, 3.05) is 19.8 Å². The van der Waals surface area contributed by atoms with Gasteiger partial charge in [0.05, 0.1) is 25.9 Å². The van der Waals surface area contributed by atoms with Crippen LogP contribution in [0.1, 0.15) is 23.4 Å². The van der Waals surface area contributed by atoms with Gasteiger partial charge in [-0.15, -0.1) is 11.3 Å². The van der Waals surface area contributed by atoms with Crippen LogP contribution < -0.4 is 0 Å². The van der Waals surface area contributed by atoms with Crippen molar-refractivity contribution >= 4 is 23.3 Å². The van der Waals surface area contributed by atoms with Crippen molar-refractivity contribution in [3.63, 3.8) is 0 Å². The number of aromatic nitrogens is 2. The second kappa shape index (κ2) is 14.4. The molecule has 2 fully saturated rings. The number of carboxylic acids is 2. The number of pyridine rings is 1. The molecule has 9 nitrogen and oxygen atoms in total. The molecule has 1 saturated carbocycles. The summed E-state index contributed by atoms with van der Waals surface area (Å²) in [6.45, 7) is 4.16. The Morgan fingerprint density at radius 2 is 1.76 bits per heavy atom. The van der Waals surface area contributed by atoms with E-state index in [2.05, 4.69) is 20.9 Å². The number of hydrogen-bond acceptors (Lipinski definition) is 8. The van der Waals surface area contributed by atoms with Crippen LogP contribution in [0.4, 0.5) is 26.3 Å². The molecule has 3 heterocycles. The predicted molar refractivity (Wildman–Crippen MR) is 120 cm³/mol. The summed E-state index contributed by atoms with van der Waals surface area (Å²) in [5, 5.41) is 17.3. The van der Waals surface area contributed by atoms with E-state index in [4.69, 9.17) is 29.3 Å². The van der Waals surface area contributed by atoms with Gasteiger partial charge in [-0.1, -0.05) is 6.07 Å². The number of rotatable bonds is 6. The average Bonchev–Trinajstić information content (AvgIpc) is 3.50. The Morgan fingerprint density at radius 3 is 2.29 bits per heavy atom. The van der Waals surface area contributed by atoms with E-state index in [0.717, 1.165) is 31.3 Å². The van der Waals surface area contributed by atoms with E-state index >= 15 is 0 Å². The summed E-state index contributed by atoms with van der Waals surface area (Å²) in [7, 11) is 0. The Hall–Kier alpha value is -2.82. The first-order chi connectivity index (χ1) is 17.8. The van der Waals surface area contributed by atoms with E-state index < -0.39 is 24.3 Å². The fraction of sp³-hybridized carbons (Fsp3) is 0.545. The highest BCUT2D eigenvalue weighted by Gasteiger charge is 2.42. The third-order valence-corrected chi connectivity index (χ3v) is 6.22. The van der Waals surface area contributed by atoms with E-state index in [-0.39, 0.29) is 0 Å². The van der Waals surface area contributed by atoms with Crippen molar-refractivity contribution < 1.29 is 55.6 Å². The minimum absolute atomic E-state index is 0.298. The molecule has 2 N–H and O–H groups in total. The second-order valence-corrected chi connectivity index (χ2v) is 9.10. The zero-order valence-corrected chi connectivity index (χ0v) is 20.5. The van der Waals surface area contributed by atoms with Crippen LogP contribution in [0.15, 0.2) is 36.1 Å². The number of aliphatic carboxylic acids is 2. The van der Waals surface area contributed by atoms with Crippen molar-refractivity contribution in [2.24, 2.45) is 5.92 Å². The molecule has 4 rings (SSSR count). The topological polar surface area (TPSA) is 122 Å². The van der Waals surface area contributed by atoms with Gasteiger partial charge in [0.25, 0.3) is 0 Å². The zero-order chi connectivity index (χ0) is 28.3. The van der Waals surface area contributed by atoms with Crippen LogP contribution in [-0.4, -0.2) is 81.3 Å². The van der Waals surface area contributed by atoms with Crippen molar-refractivity contribution in [3.05, 3.63) is 46.7 Å². The van der Waals surface area contributed by atoms with E-state index in [1.807, 2.05) is 30.0 Å². The van der Waals surface area contributed by atoms with Gasteiger partial charge in [0, 0.05) is 49.0 Å². The summed E-state index contributed by atoms with van der Waals surface area (Å²) in [6.07, 6.45) is -1.88. The van der Waals surface area contributed by atoms with Crippen molar-refractivity contribution in [1.82, 2.24) is 14.9 Å². The maximum Gasteiger partial charge on any atom is 0.490 e. The van der Waals surface area contributed by atoms with Crippen molar-refractivity contribution in [3.8, 4) is 0 Å². The fourth-order valence-corrected chi connectivity index (χ4v) is 4.41. The Kier molecular flexibility index (Phi) is 11.9. The molecule has 2 aliphatic rings. The summed E-state index contributed by atoms with van der Waals surface area (Å²) in [5.41, 5.74) is 1.28. The number of carboxylic acid groups (broad SMARTS) is 2. The quantitative estimate of drug-likeness (QED) is 0.494. The number of hydrogen-bond donors (Lipinski definition) is 2. The SMILES string of the molecule is O=C(O)C(F)(F)F.O=C(O)C(F)(F)F.c1cncc(CN2CCOC3C(COCc4nccs4)CCC32)c1. The number of halogens is 6. The number of nitrogens with zero attached hydrogens (tertiary/aromatic N) is 3. The zero-order valence-electron chi connectivity index (χ0n) is 19.7. The molecule has 3 atom stereocenters. The molecular formula is C22H25F6N3O6S. The molecule has 0 radical (unpaired) electrons. The molecule has 2 aromatic rings. The van der Waals surface area contributed by atoms with Gasteiger partial charge in [0.2, 0.25) is 0 Å². The molecule has 16 heteroatoms. The van der Waals surface area contributed by atoms with Gasteiger partial charge >= 0.3 is 24.3 Å². The maximum atomic E-state index is 10.6. The molecule has 0 spiro atoms. The largest absolute Gasteiger partial charge is 0.490 e. The van der Waals surface area contributed by atoms with Crippen LogP contribution in [0.2, 0.25) is 0 Å². The molecule has 1 saturated heterocycles. The highest BCUT2D eigenvalue weighted by Crippen LogP contribution is 2.35. The van der Waals surface area contributed by atoms with E-state index in [1.54, 1.807) is 11.3 Å². The molecule has 1 aliphatic heterocycles. The maximum absolute atomic E-state index is 10.6. The van der Waals surface area contributed by atoms with Crippen molar-refractivity contribution in [2.45, 2.75) is 50.5 Å². The monoisotopic (exact) mass is 573 g/mol. The number of morpholine rings is 1.